The lowest BCUT2D eigenvalue weighted by Crippen LogP contribution is -2.37. The molecule has 6 nitrogen and oxygen atoms in total. The SMILES string of the molecule is CCn1ccnc1[C@H]1OCC[C@@H]1NC(=O)CC[C@H](C)OC. The highest BCUT2D eigenvalue weighted by Gasteiger charge is 2.33. The zero-order valence-electron chi connectivity index (χ0n) is 13.0. The van der Waals surface area contributed by atoms with Gasteiger partial charge >= 0.3 is 0 Å². The van der Waals surface area contributed by atoms with Gasteiger partial charge in [0.1, 0.15) is 11.9 Å². The molecule has 1 aliphatic heterocycles. The first-order valence-corrected chi connectivity index (χ1v) is 7.60. The number of carbonyl (C=O) groups excluding carboxylic acids is 1. The fourth-order valence-corrected chi connectivity index (χ4v) is 2.57. The second kappa shape index (κ2) is 7.56. The van der Waals surface area contributed by atoms with Crippen molar-refractivity contribution in [3.63, 3.8) is 0 Å². The molecule has 1 aromatic rings. The minimum atomic E-state index is -0.149. The van der Waals surface area contributed by atoms with E-state index < -0.39 is 0 Å². The second-order valence-corrected chi connectivity index (χ2v) is 5.41. The van der Waals surface area contributed by atoms with Gasteiger partial charge in [0.15, 0.2) is 0 Å². The van der Waals surface area contributed by atoms with Crippen LogP contribution < -0.4 is 5.32 Å². The van der Waals surface area contributed by atoms with Gasteiger partial charge in [0.25, 0.3) is 0 Å². The van der Waals surface area contributed by atoms with Crippen LogP contribution in [-0.2, 0) is 20.8 Å². The first kappa shape index (κ1) is 16.0. The molecule has 3 atom stereocenters. The van der Waals surface area contributed by atoms with E-state index in [0.29, 0.717) is 13.0 Å². The molecule has 1 N–H and O–H groups in total. The maximum atomic E-state index is 12.0. The molecule has 2 heterocycles. The van der Waals surface area contributed by atoms with Crippen molar-refractivity contribution >= 4 is 5.91 Å². The maximum absolute atomic E-state index is 12.0. The highest BCUT2D eigenvalue weighted by atomic mass is 16.5. The number of aryl methyl sites for hydroxylation is 1. The summed E-state index contributed by atoms with van der Waals surface area (Å²) < 4.78 is 13.0. The molecule has 118 valence electrons. The average Bonchev–Trinajstić information content (AvgIpc) is 3.12. The third kappa shape index (κ3) is 4.04. The molecule has 0 aliphatic carbocycles. The fourth-order valence-electron chi connectivity index (χ4n) is 2.57. The zero-order valence-corrected chi connectivity index (χ0v) is 13.0. The van der Waals surface area contributed by atoms with Crippen molar-refractivity contribution in [3.05, 3.63) is 18.2 Å². The molecule has 6 heteroatoms. The molecule has 0 aromatic carbocycles. The highest BCUT2D eigenvalue weighted by Crippen LogP contribution is 2.28. The summed E-state index contributed by atoms with van der Waals surface area (Å²) in [6.45, 7) is 5.54. The van der Waals surface area contributed by atoms with Crippen LogP contribution in [0, 0.1) is 0 Å². The van der Waals surface area contributed by atoms with Gasteiger partial charge in [0, 0.05) is 39.1 Å². The van der Waals surface area contributed by atoms with Gasteiger partial charge in [-0.2, -0.15) is 0 Å². The Hall–Kier alpha value is -1.40. The van der Waals surface area contributed by atoms with Crippen molar-refractivity contribution in [3.8, 4) is 0 Å². The number of rotatable bonds is 7. The van der Waals surface area contributed by atoms with Crippen LogP contribution in [0.2, 0.25) is 0 Å². The largest absolute Gasteiger partial charge is 0.382 e. The minimum absolute atomic E-state index is 0.00283. The van der Waals surface area contributed by atoms with Crippen LogP contribution in [0.1, 0.15) is 45.0 Å². The van der Waals surface area contributed by atoms with Gasteiger partial charge in [-0.15, -0.1) is 0 Å². The summed E-state index contributed by atoms with van der Waals surface area (Å²) in [5.74, 6) is 0.944. The van der Waals surface area contributed by atoms with Crippen molar-refractivity contribution < 1.29 is 14.3 Å². The van der Waals surface area contributed by atoms with E-state index in [0.717, 1.165) is 25.2 Å². The second-order valence-electron chi connectivity index (χ2n) is 5.41. The lowest BCUT2D eigenvalue weighted by Gasteiger charge is -2.20. The summed E-state index contributed by atoms with van der Waals surface area (Å²) in [5, 5.41) is 3.08. The molecule has 0 spiro atoms. The molecule has 0 unspecified atom stereocenters. The Labute approximate surface area is 125 Å². The van der Waals surface area contributed by atoms with Gasteiger partial charge in [-0.05, 0) is 26.7 Å². The number of aromatic nitrogens is 2. The third-order valence-corrected chi connectivity index (χ3v) is 3.96. The topological polar surface area (TPSA) is 65.4 Å². The van der Waals surface area contributed by atoms with Crippen LogP contribution in [0.5, 0.6) is 0 Å². The van der Waals surface area contributed by atoms with Gasteiger partial charge < -0.3 is 19.4 Å². The molecule has 1 saturated heterocycles. The first-order chi connectivity index (χ1) is 10.2. The highest BCUT2D eigenvalue weighted by molar-refractivity contribution is 5.76. The van der Waals surface area contributed by atoms with E-state index in [9.17, 15) is 4.79 Å². The fraction of sp³-hybridized carbons (Fsp3) is 0.733. The van der Waals surface area contributed by atoms with E-state index >= 15 is 0 Å². The van der Waals surface area contributed by atoms with Crippen LogP contribution in [0.4, 0.5) is 0 Å². The van der Waals surface area contributed by atoms with Gasteiger partial charge in [-0.25, -0.2) is 4.98 Å². The number of imidazole rings is 1. The Bertz CT molecular complexity index is 461. The number of nitrogens with one attached hydrogen (secondary N) is 1. The Morgan fingerprint density at radius 1 is 1.67 bits per heavy atom. The Morgan fingerprint density at radius 2 is 2.48 bits per heavy atom. The normalized spacial score (nSPS) is 23.2. The molecule has 0 radical (unpaired) electrons. The monoisotopic (exact) mass is 295 g/mol. The van der Waals surface area contributed by atoms with E-state index in [4.69, 9.17) is 9.47 Å². The number of amides is 1. The molecular weight excluding hydrogens is 270 g/mol. The van der Waals surface area contributed by atoms with E-state index in [-0.39, 0.29) is 24.2 Å². The van der Waals surface area contributed by atoms with Crippen molar-refractivity contribution in [2.24, 2.45) is 0 Å². The predicted octanol–water partition coefficient (Wildman–Crippen LogP) is 1.66. The molecule has 1 amide bonds. The zero-order chi connectivity index (χ0) is 15.2. The summed E-state index contributed by atoms with van der Waals surface area (Å²) in [5.41, 5.74) is 0. The van der Waals surface area contributed by atoms with E-state index in [1.165, 1.54) is 0 Å². The Morgan fingerprint density at radius 3 is 3.19 bits per heavy atom. The van der Waals surface area contributed by atoms with Crippen LogP contribution in [0.15, 0.2) is 12.4 Å². The van der Waals surface area contributed by atoms with Gasteiger partial charge in [0.2, 0.25) is 5.91 Å². The van der Waals surface area contributed by atoms with Crippen molar-refractivity contribution in [1.29, 1.82) is 0 Å². The lowest BCUT2D eigenvalue weighted by atomic mass is 10.1. The number of ether oxygens (including phenoxy) is 2. The van der Waals surface area contributed by atoms with E-state index in [1.807, 2.05) is 13.1 Å². The standard InChI is InChI=1S/C15H25N3O3/c1-4-18-9-8-16-15(18)14-12(7-10-21-14)17-13(19)6-5-11(2)20-3/h8-9,11-12,14H,4-7,10H2,1-3H3,(H,17,19)/t11-,12-,14-/m0/s1. The van der Waals surface area contributed by atoms with Gasteiger partial charge in [-0.3, -0.25) is 4.79 Å². The number of hydrogen-bond donors (Lipinski definition) is 1. The van der Waals surface area contributed by atoms with Crippen LogP contribution in [-0.4, -0.2) is 41.3 Å². The van der Waals surface area contributed by atoms with Crippen LogP contribution in [0.25, 0.3) is 0 Å². The lowest BCUT2D eigenvalue weighted by molar-refractivity contribution is -0.122. The molecule has 0 saturated carbocycles. The van der Waals surface area contributed by atoms with Gasteiger partial charge in [-0.1, -0.05) is 0 Å². The summed E-state index contributed by atoms with van der Waals surface area (Å²) in [6.07, 6.45) is 5.70. The van der Waals surface area contributed by atoms with E-state index in [2.05, 4.69) is 21.8 Å². The average molecular weight is 295 g/mol. The molecule has 1 aromatic heterocycles. The molecule has 21 heavy (non-hydrogen) atoms. The number of hydrogen-bond acceptors (Lipinski definition) is 4. The Kier molecular flexibility index (Phi) is 5.76. The number of methoxy groups -OCH3 is 1. The van der Waals surface area contributed by atoms with E-state index in [1.54, 1.807) is 13.3 Å². The minimum Gasteiger partial charge on any atom is -0.382 e. The van der Waals surface area contributed by atoms with Crippen molar-refractivity contribution in [2.75, 3.05) is 13.7 Å². The van der Waals surface area contributed by atoms with Crippen molar-refractivity contribution in [1.82, 2.24) is 14.9 Å². The number of nitrogens with zero attached hydrogens (tertiary/aromatic N) is 2. The quantitative estimate of drug-likeness (QED) is 0.831. The van der Waals surface area contributed by atoms with Gasteiger partial charge in [0.05, 0.1) is 12.1 Å². The molecular formula is C15H25N3O3. The molecule has 0 bridgehead atoms. The molecule has 1 fully saturated rings. The third-order valence-electron chi connectivity index (χ3n) is 3.96. The van der Waals surface area contributed by atoms with Crippen LogP contribution >= 0.6 is 0 Å². The summed E-state index contributed by atoms with van der Waals surface area (Å²) in [7, 11) is 1.66. The molecule has 2 rings (SSSR count). The summed E-state index contributed by atoms with van der Waals surface area (Å²) >= 11 is 0. The Balaban J connectivity index is 1.92. The number of carbonyl (C=O) groups is 1. The van der Waals surface area contributed by atoms with Crippen LogP contribution in [0.3, 0.4) is 0 Å². The predicted molar refractivity (Wildman–Crippen MR) is 78.8 cm³/mol. The summed E-state index contributed by atoms with van der Waals surface area (Å²) in [6, 6.07) is 0.00283. The summed E-state index contributed by atoms with van der Waals surface area (Å²) in [4.78, 5) is 16.4. The smallest absolute Gasteiger partial charge is 0.220 e. The maximum Gasteiger partial charge on any atom is 0.220 e. The van der Waals surface area contributed by atoms with Crippen molar-refractivity contribution in [2.45, 2.75) is 57.9 Å². The molecule has 1 aliphatic rings. The first-order valence-electron chi connectivity index (χ1n) is 7.60.